The zero-order chi connectivity index (χ0) is 22.0. The van der Waals surface area contributed by atoms with Crippen molar-refractivity contribution in [1.82, 2.24) is 20.4 Å². The van der Waals surface area contributed by atoms with Crippen molar-refractivity contribution in [3.63, 3.8) is 0 Å². The van der Waals surface area contributed by atoms with Gasteiger partial charge in [0.15, 0.2) is 6.29 Å². The third-order valence-electron chi connectivity index (χ3n) is 6.39. The smallest absolute Gasteiger partial charge is 0.236 e. The molecule has 2 atom stereocenters. The Balaban J connectivity index is 1.60. The molecule has 2 heterocycles. The lowest BCUT2D eigenvalue weighted by Gasteiger charge is -2.33. The average Bonchev–Trinajstić information content (AvgIpc) is 3.36. The molecule has 31 heavy (non-hydrogen) atoms. The van der Waals surface area contributed by atoms with E-state index in [0.29, 0.717) is 17.3 Å². The summed E-state index contributed by atoms with van der Waals surface area (Å²) in [4.78, 5) is 25.9. The van der Waals surface area contributed by atoms with Gasteiger partial charge in [0.1, 0.15) is 5.82 Å². The highest BCUT2D eigenvalue weighted by molar-refractivity contribution is 6.30. The number of nitrogens with zero attached hydrogens (tertiary/aromatic N) is 2. The van der Waals surface area contributed by atoms with E-state index in [1.54, 1.807) is 4.68 Å². The van der Waals surface area contributed by atoms with Crippen LogP contribution in [0, 0.1) is 6.92 Å². The number of rotatable bonds is 6. The largest absolute Gasteiger partial charge is 0.322 e. The maximum absolute atomic E-state index is 13.6. The Labute approximate surface area is 187 Å². The molecule has 0 spiro atoms. The first-order valence-corrected chi connectivity index (χ1v) is 11.5. The second-order valence-electron chi connectivity index (χ2n) is 8.69. The van der Waals surface area contributed by atoms with E-state index >= 15 is 0 Å². The molecule has 1 saturated carbocycles. The molecule has 1 aromatic heterocycles. The predicted molar refractivity (Wildman–Crippen MR) is 121 cm³/mol. The maximum Gasteiger partial charge on any atom is 0.236 e. The molecular weight excluding hydrogens is 414 g/mol. The van der Waals surface area contributed by atoms with E-state index in [1.807, 2.05) is 37.3 Å². The monoisotopic (exact) mass is 443 g/mol. The van der Waals surface area contributed by atoms with Gasteiger partial charge in [-0.15, -0.1) is 0 Å². The quantitative estimate of drug-likeness (QED) is 0.628. The van der Waals surface area contributed by atoms with E-state index in [4.69, 9.17) is 11.6 Å². The fourth-order valence-electron chi connectivity index (χ4n) is 4.86. The standard InChI is InChI=1S/C23H30ClN5O2/c1-3-6-18-14-20(30)27-22(25-18)29-19(13-15(2)28-29)26-21(31)23(11-4-5-12-23)16-7-9-17(24)10-8-16/h7-10,13,18,22,25H,3-6,11-12,14H2,1-2H3,(H,26,31)(H,27,30). The Bertz CT molecular complexity index is 949. The first-order valence-electron chi connectivity index (χ1n) is 11.1. The number of aryl methyl sites for hydroxylation is 1. The van der Waals surface area contributed by atoms with E-state index in [-0.39, 0.29) is 17.9 Å². The summed E-state index contributed by atoms with van der Waals surface area (Å²) in [5.74, 6) is 0.527. The lowest BCUT2D eigenvalue weighted by molar-refractivity contribution is -0.125. The lowest BCUT2D eigenvalue weighted by Crippen LogP contribution is -2.53. The van der Waals surface area contributed by atoms with Crippen LogP contribution in [0.25, 0.3) is 0 Å². The van der Waals surface area contributed by atoms with Gasteiger partial charge in [-0.05, 0) is 43.9 Å². The fourth-order valence-corrected chi connectivity index (χ4v) is 4.99. The SMILES string of the molecule is CCCC1CC(=O)NC(n2nc(C)cc2NC(=O)C2(c3ccc(Cl)cc3)CCCC2)N1. The molecule has 2 fully saturated rings. The molecule has 0 bridgehead atoms. The Morgan fingerprint density at radius 1 is 1.29 bits per heavy atom. The summed E-state index contributed by atoms with van der Waals surface area (Å²) in [6.07, 6.45) is 5.47. The first-order chi connectivity index (χ1) is 14.9. The number of aromatic nitrogens is 2. The van der Waals surface area contributed by atoms with Gasteiger partial charge >= 0.3 is 0 Å². The van der Waals surface area contributed by atoms with Crippen molar-refractivity contribution in [2.75, 3.05) is 5.32 Å². The lowest BCUT2D eigenvalue weighted by atomic mass is 9.78. The number of hydrogen-bond acceptors (Lipinski definition) is 4. The molecule has 7 nitrogen and oxygen atoms in total. The molecule has 1 saturated heterocycles. The third-order valence-corrected chi connectivity index (χ3v) is 6.64. The van der Waals surface area contributed by atoms with Crippen molar-refractivity contribution in [2.24, 2.45) is 0 Å². The normalized spacial score (nSPS) is 22.9. The van der Waals surface area contributed by atoms with Crippen LogP contribution in [-0.2, 0) is 15.0 Å². The van der Waals surface area contributed by atoms with E-state index in [9.17, 15) is 9.59 Å². The number of carbonyl (C=O) groups excluding carboxylic acids is 2. The molecule has 4 rings (SSSR count). The van der Waals surface area contributed by atoms with Crippen molar-refractivity contribution in [1.29, 1.82) is 0 Å². The fraction of sp³-hybridized carbons (Fsp3) is 0.522. The van der Waals surface area contributed by atoms with Gasteiger partial charge in [-0.1, -0.05) is 49.9 Å². The molecule has 8 heteroatoms. The number of carbonyl (C=O) groups is 2. The Hall–Kier alpha value is -2.38. The summed E-state index contributed by atoms with van der Waals surface area (Å²) < 4.78 is 1.68. The summed E-state index contributed by atoms with van der Waals surface area (Å²) in [6, 6.07) is 9.52. The number of anilines is 1. The molecule has 2 aliphatic rings. The van der Waals surface area contributed by atoms with Crippen LogP contribution < -0.4 is 16.0 Å². The minimum Gasteiger partial charge on any atom is -0.322 e. The Morgan fingerprint density at radius 2 is 2.00 bits per heavy atom. The molecule has 1 aromatic carbocycles. The highest BCUT2D eigenvalue weighted by Crippen LogP contribution is 2.42. The molecule has 2 unspecified atom stereocenters. The van der Waals surface area contributed by atoms with Crippen LogP contribution in [-0.4, -0.2) is 27.6 Å². The van der Waals surface area contributed by atoms with Crippen LogP contribution in [0.15, 0.2) is 30.3 Å². The van der Waals surface area contributed by atoms with Crippen LogP contribution in [0.3, 0.4) is 0 Å². The van der Waals surface area contributed by atoms with Crippen LogP contribution >= 0.6 is 11.6 Å². The van der Waals surface area contributed by atoms with Gasteiger partial charge in [-0.2, -0.15) is 5.10 Å². The van der Waals surface area contributed by atoms with Crippen molar-refractivity contribution >= 4 is 29.2 Å². The van der Waals surface area contributed by atoms with Crippen LogP contribution in [0.5, 0.6) is 0 Å². The minimum atomic E-state index is -0.582. The van der Waals surface area contributed by atoms with Crippen molar-refractivity contribution < 1.29 is 9.59 Å². The van der Waals surface area contributed by atoms with Gasteiger partial charge in [0.05, 0.1) is 11.1 Å². The second kappa shape index (κ2) is 9.01. The number of benzene rings is 1. The first kappa shape index (κ1) is 21.8. The highest BCUT2D eigenvalue weighted by atomic mass is 35.5. The summed E-state index contributed by atoms with van der Waals surface area (Å²) >= 11 is 6.08. The zero-order valence-corrected chi connectivity index (χ0v) is 18.8. The summed E-state index contributed by atoms with van der Waals surface area (Å²) in [7, 11) is 0. The number of nitrogens with one attached hydrogen (secondary N) is 3. The van der Waals surface area contributed by atoms with Crippen molar-refractivity contribution in [3.8, 4) is 0 Å². The minimum absolute atomic E-state index is 0.0129. The maximum atomic E-state index is 13.6. The molecule has 1 aliphatic carbocycles. The van der Waals surface area contributed by atoms with E-state index in [0.717, 1.165) is 49.8 Å². The van der Waals surface area contributed by atoms with Crippen LogP contribution in [0.1, 0.15) is 69.4 Å². The molecule has 3 N–H and O–H groups in total. The van der Waals surface area contributed by atoms with Gasteiger partial charge in [0, 0.05) is 23.6 Å². The summed E-state index contributed by atoms with van der Waals surface area (Å²) in [5.41, 5.74) is 1.18. The predicted octanol–water partition coefficient (Wildman–Crippen LogP) is 4.03. The van der Waals surface area contributed by atoms with Crippen molar-refractivity contribution in [2.45, 2.75) is 76.5 Å². The second-order valence-corrected chi connectivity index (χ2v) is 9.13. The third kappa shape index (κ3) is 4.48. The molecular formula is C23H30ClN5O2. The molecule has 2 amide bonds. The number of hydrogen-bond donors (Lipinski definition) is 3. The van der Waals surface area contributed by atoms with E-state index in [2.05, 4.69) is 28.0 Å². The van der Waals surface area contributed by atoms with Gasteiger partial charge < -0.3 is 10.6 Å². The summed E-state index contributed by atoms with van der Waals surface area (Å²) in [6.45, 7) is 3.98. The van der Waals surface area contributed by atoms with Crippen molar-refractivity contribution in [3.05, 3.63) is 46.6 Å². The Morgan fingerprint density at radius 3 is 2.68 bits per heavy atom. The molecule has 166 valence electrons. The summed E-state index contributed by atoms with van der Waals surface area (Å²) in [5, 5.41) is 14.7. The highest BCUT2D eigenvalue weighted by Gasteiger charge is 2.43. The number of halogens is 1. The van der Waals surface area contributed by atoms with Crippen LogP contribution in [0.4, 0.5) is 5.82 Å². The van der Waals surface area contributed by atoms with Gasteiger partial charge in [0.2, 0.25) is 11.8 Å². The zero-order valence-electron chi connectivity index (χ0n) is 18.1. The topological polar surface area (TPSA) is 88.1 Å². The van der Waals surface area contributed by atoms with E-state index < -0.39 is 11.7 Å². The van der Waals surface area contributed by atoms with E-state index in [1.165, 1.54) is 0 Å². The Kier molecular flexibility index (Phi) is 6.34. The van der Waals surface area contributed by atoms with Gasteiger partial charge in [-0.3, -0.25) is 14.9 Å². The molecule has 2 aromatic rings. The van der Waals surface area contributed by atoms with Gasteiger partial charge in [-0.25, -0.2) is 4.68 Å². The molecule has 1 aliphatic heterocycles. The van der Waals surface area contributed by atoms with Crippen LogP contribution in [0.2, 0.25) is 5.02 Å². The average molecular weight is 444 g/mol. The molecule has 0 radical (unpaired) electrons. The van der Waals surface area contributed by atoms with Gasteiger partial charge in [0.25, 0.3) is 0 Å². The number of amides is 2.